The summed E-state index contributed by atoms with van der Waals surface area (Å²) in [6.07, 6.45) is 1.02. The Kier molecular flexibility index (Phi) is 6.95. The zero-order valence-electron chi connectivity index (χ0n) is 16.6. The third-order valence-corrected chi connectivity index (χ3v) is 5.29. The number of benzene rings is 2. The Morgan fingerprint density at radius 3 is 2.42 bits per heavy atom. The van der Waals surface area contributed by atoms with E-state index in [1.54, 1.807) is 48.5 Å². The number of amides is 2. The Bertz CT molecular complexity index is 1210. The van der Waals surface area contributed by atoms with Crippen molar-refractivity contribution in [3.8, 4) is 5.75 Å². The van der Waals surface area contributed by atoms with Gasteiger partial charge in [-0.2, -0.15) is 4.37 Å². The molecule has 3 rings (SSSR count). The highest BCUT2D eigenvalue weighted by atomic mass is 32.2. The molecule has 0 aliphatic rings. The molecule has 0 atom stereocenters. The number of anilines is 2. The van der Waals surface area contributed by atoms with Crippen LogP contribution in [0.1, 0.15) is 21.7 Å². The first-order valence-corrected chi connectivity index (χ1v) is 11.6. The van der Waals surface area contributed by atoms with E-state index in [1.807, 2.05) is 0 Å². The van der Waals surface area contributed by atoms with E-state index in [2.05, 4.69) is 24.7 Å². The van der Waals surface area contributed by atoms with Crippen LogP contribution in [0.4, 0.5) is 15.6 Å². The summed E-state index contributed by atoms with van der Waals surface area (Å²) in [5.41, 5.74) is 0.962. The van der Waals surface area contributed by atoms with Crippen molar-refractivity contribution in [2.24, 2.45) is 0 Å². The van der Waals surface area contributed by atoms with Gasteiger partial charge in [0.15, 0.2) is 11.6 Å². The first-order chi connectivity index (χ1) is 14.8. The van der Waals surface area contributed by atoms with E-state index in [0.717, 1.165) is 17.8 Å². The number of hydrogen-bond donors (Lipinski definition) is 3. The van der Waals surface area contributed by atoms with Crippen LogP contribution in [-0.2, 0) is 16.6 Å². The highest BCUT2D eigenvalue weighted by Gasteiger charge is 2.18. The molecule has 0 radical (unpaired) electrons. The van der Waals surface area contributed by atoms with E-state index in [-0.39, 0.29) is 28.8 Å². The largest absolute Gasteiger partial charge is 0.496 e. The summed E-state index contributed by atoms with van der Waals surface area (Å²) in [6.45, 7) is -0.0884. The molecule has 3 N–H and O–H groups in total. The second-order valence-corrected chi connectivity index (χ2v) is 8.85. The number of urea groups is 1. The molecule has 0 unspecified atom stereocenters. The van der Waals surface area contributed by atoms with Gasteiger partial charge >= 0.3 is 6.03 Å². The lowest BCUT2D eigenvalue weighted by molar-refractivity contribution is 0.103. The van der Waals surface area contributed by atoms with Crippen LogP contribution >= 0.6 is 11.5 Å². The quantitative estimate of drug-likeness (QED) is 0.438. The van der Waals surface area contributed by atoms with Crippen LogP contribution in [0.2, 0.25) is 0 Å². The zero-order chi connectivity index (χ0) is 22.4. The van der Waals surface area contributed by atoms with Gasteiger partial charge in [-0.25, -0.2) is 22.9 Å². The number of nitrogens with one attached hydrogen (secondary N) is 3. The number of aromatic nitrogens is 2. The third kappa shape index (κ3) is 6.07. The molecule has 0 aliphatic carbocycles. The molecule has 12 heteroatoms. The molecule has 1 heterocycles. The maximum atomic E-state index is 13.0. The van der Waals surface area contributed by atoms with Crippen molar-refractivity contribution >= 4 is 44.2 Å². The minimum absolute atomic E-state index is 0.0884. The standard InChI is InChI=1S/C19H19N5O5S2/c1-29-15-10-6-4-8-13(15)17(25)12-7-3-5-9-14(12)21-18(26)23-19-22-16(24-30-19)11-20-31(2,27)28/h3-10,20H,11H2,1-2H3,(H2,21,22,23,24,26). The Balaban J connectivity index is 1.72. The van der Waals surface area contributed by atoms with Gasteiger partial charge in [-0.3, -0.25) is 10.1 Å². The molecule has 1 aromatic heterocycles. The van der Waals surface area contributed by atoms with Crippen LogP contribution in [0.15, 0.2) is 48.5 Å². The number of ketones is 1. The number of hydrogen-bond acceptors (Lipinski definition) is 8. The fraction of sp³-hybridized carbons (Fsp3) is 0.158. The van der Waals surface area contributed by atoms with E-state index >= 15 is 0 Å². The van der Waals surface area contributed by atoms with Gasteiger partial charge < -0.3 is 10.1 Å². The maximum Gasteiger partial charge on any atom is 0.325 e. The molecule has 0 saturated carbocycles. The number of methoxy groups -OCH3 is 1. The van der Waals surface area contributed by atoms with Crippen molar-refractivity contribution in [2.75, 3.05) is 24.0 Å². The molecular formula is C19H19N5O5S2. The van der Waals surface area contributed by atoms with E-state index < -0.39 is 16.1 Å². The highest BCUT2D eigenvalue weighted by Crippen LogP contribution is 2.25. The average Bonchev–Trinajstić information content (AvgIpc) is 3.19. The van der Waals surface area contributed by atoms with Crippen LogP contribution in [0.25, 0.3) is 0 Å². The monoisotopic (exact) mass is 461 g/mol. The van der Waals surface area contributed by atoms with E-state index in [9.17, 15) is 18.0 Å². The topological polar surface area (TPSA) is 139 Å². The first kappa shape index (κ1) is 22.3. The van der Waals surface area contributed by atoms with Crippen LogP contribution in [-0.4, -0.2) is 43.0 Å². The Labute approximate surface area is 182 Å². The highest BCUT2D eigenvalue weighted by molar-refractivity contribution is 7.88. The molecule has 2 amide bonds. The minimum atomic E-state index is -3.38. The fourth-order valence-electron chi connectivity index (χ4n) is 2.59. The van der Waals surface area contributed by atoms with Crippen LogP contribution in [0.5, 0.6) is 5.75 Å². The van der Waals surface area contributed by atoms with Gasteiger partial charge in [0.2, 0.25) is 15.2 Å². The molecule has 0 bridgehead atoms. The summed E-state index contributed by atoms with van der Waals surface area (Å²) in [5, 5.41) is 5.32. The van der Waals surface area contributed by atoms with Gasteiger partial charge in [-0.1, -0.05) is 24.3 Å². The van der Waals surface area contributed by atoms with Crippen molar-refractivity contribution < 1.29 is 22.7 Å². The predicted octanol–water partition coefficient (Wildman–Crippen LogP) is 2.47. The molecule has 2 aromatic carbocycles. The van der Waals surface area contributed by atoms with Crippen molar-refractivity contribution in [3.05, 3.63) is 65.5 Å². The molecule has 0 saturated heterocycles. The third-order valence-electron chi connectivity index (χ3n) is 3.95. The Morgan fingerprint density at radius 2 is 1.71 bits per heavy atom. The number of carbonyl (C=O) groups excluding carboxylic acids is 2. The number of sulfonamides is 1. The van der Waals surface area contributed by atoms with Crippen molar-refractivity contribution in [1.82, 2.24) is 14.1 Å². The number of carbonyl (C=O) groups is 2. The molecule has 3 aromatic rings. The second-order valence-electron chi connectivity index (χ2n) is 6.26. The predicted molar refractivity (Wildman–Crippen MR) is 117 cm³/mol. The van der Waals surface area contributed by atoms with E-state index in [0.29, 0.717) is 17.0 Å². The Hall–Kier alpha value is -3.35. The van der Waals surface area contributed by atoms with Crippen LogP contribution in [0.3, 0.4) is 0 Å². The summed E-state index contributed by atoms with van der Waals surface area (Å²) in [4.78, 5) is 29.5. The van der Waals surface area contributed by atoms with Crippen molar-refractivity contribution in [3.63, 3.8) is 0 Å². The Morgan fingerprint density at radius 1 is 1.03 bits per heavy atom. The normalized spacial score (nSPS) is 11.0. The fourth-order valence-corrected chi connectivity index (χ4v) is 3.56. The average molecular weight is 462 g/mol. The maximum absolute atomic E-state index is 13.0. The lowest BCUT2D eigenvalue weighted by atomic mass is 10.0. The van der Waals surface area contributed by atoms with Gasteiger partial charge in [-0.05, 0) is 24.3 Å². The molecule has 0 fully saturated rings. The number of para-hydroxylation sites is 2. The number of ether oxygens (including phenoxy) is 1. The lowest BCUT2D eigenvalue weighted by Gasteiger charge is -2.12. The van der Waals surface area contributed by atoms with Crippen LogP contribution < -0.4 is 20.1 Å². The molecule has 10 nitrogen and oxygen atoms in total. The smallest absolute Gasteiger partial charge is 0.325 e. The summed E-state index contributed by atoms with van der Waals surface area (Å²) >= 11 is 0.900. The molecule has 0 spiro atoms. The zero-order valence-corrected chi connectivity index (χ0v) is 18.2. The van der Waals surface area contributed by atoms with Gasteiger partial charge in [0.1, 0.15) is 5.75 Å². The second kappa shape index (κ2) is 9.64. The molecular weight excluding hydrogens is 442 g/mol. The van der Waals surface area contributed by atoms with E-state index in [4.69, 9.17) is 4.74 Å². The number of rotatable bonds is 8. The van der Waals surface area contributed by atoms with Gasteiger partial charge in [0.05, 0.1) is 31.2 Å². The summed E-state index contributed by atoms with van der Waals surface area (Å²) < 4.78 is 33.8. The summed E-state index contributed by atoms with van der Waals surface area (Å²) in [6, 6.07) is 12.8. The van der Waals surface area contributed by atoms with E-state index in [1.165, 1.54) is 7.11 Å². The van der Waals surface area contributed by atoms with Gasteiger partial charge in [0, 0.05) is 17.1 Å². The first-order valence-electron chi connectivity index (χ1n) is 8.89. The van der Waals surface area contributed by atoms with Crippen molar-refractivity contribution in [2.45, 2.75) is 6.54 Å². The van der Waals surface area contributed by atoms with Crippen molar-refractivity contribution in [1.29, 1.82) is 0 Å². The molecule has 31 heavy (non-hydrogen) atoms. The van der Waals surface area contributed by atoms with Gasteiger partial charge in [-0.15, -0.1) is 0 Å². The summed E-state index contributed by atoms with van der Waals surface area (Å²) in [7, 11) is -1.91. The number of nitrogens with zero attached hydrogens (tertiary/aromatic N) is 2. The minimum Gasteiger partial charge on any atom is -0.496 e. The molecule has 0 aliphatic heterocycles. The SMILES string of the molecule is COc1ccccc1C(=O)c1ccccc1NC(=O)Nc1nc(CNS(C)(=O)=O)ns1. The molecule has 162 valence electrons. The van der Waals surface area contributed by atoms with Gasteiger partial charge in [0.25, 0.3) is 0 Å². The summed E-state index contributed by atoms with van der Waals surface area (Å²) in [5.74, 6) is 0.340. The van der Waals surface area contributed by atoms with Crippen LogP contribution in [0, 0.1) is 0 Å². The lowest BCUT2D eigenvalue weighted by Crippen LogP contribution is -2.22.